The number of benzene rings is 1. The minimum absolute atomic E-state index is 0.0293. The first kappa shape index (κ1) is 19.9. The number of hydrogen-bond acceptors (Lipinski definition) is 5. The van der Waals surface area contributed by atoms with Gasteiger partial charge in [0.05, 0.1) is 22.7 Å². The van der Waals surface area contributed by atoms with Crippen molar-refractivity contribution < 1.29 is 22.7 Å². The van der Waals surface area contributed by atoms with Gasteiger partial charge >= 0.3 is 0 Å². The first-order chi connectivity index (χ1) is 12.7. The average molecular weight is 450 g/mol. The summed E-state index contributed by atoms with van der Waals surface area (Å²) in [6, 6.07) is -1.69. The summed E-state index contributed by atoms with van der Waals surface area (Å²) >= 11 is 2.50. The van der Waals surface area contributed by atoms with Gasteiger partial charge in [-0.3, -0.25) is 0 Å². The molecular formula is C16H16BrF4N5O. The van der Waals surface area contributed by atoms with Crippen molar-refractivity contribution in [3.8, 4) is 0 Å². The maximum absolute atomic E-state index is 14.6. The molecule has 146 valence electrons. The molecule has 1 aromatic carbocycles. The van der Waals surface area contributed by atoms with Crippen molar-refractivity contribution in [3.05, 3.63) is 51.3 Å². The maximum Gasteiger partial charge on any atom is 0.176 e. The zero-order valence-corrected chi connectivity index (χ0v) is 15.8. The van der Waals surface area contributed by atoms with E-state index in [0.29, 0.717) is 18.4 Å². The molecule has 2 N–H and O–H groups in total. The zero-order valence-electron chi connectivity index (χ0n) is 14.2. The number of allylic oxidation sites excluding steroid dienone is 1. The van der Waals surface area contributed by atoms with Gasteiger partial charge in [-0.25, -0.2) is 22.2 Å². The monoisotopic (exact) mass is 449 g/mol. The molecule has 1 atom stereocenters. The van der Waals surface area contributed by atoms with Crippen molar-refractivity contribution in [2.45, 2.75) is 44.5 Å². The highest BCUT2D eigenvalue weighted by molar-refractivity contribution is 9.10. The lowest BCUT2D eigenvalue weighted by molar-refractivity contribution is 0.0585. The normalized spacial score (nSPS) is 20.4. The Morgan fingerprint density at radius 2 is 1.85 bits per heavy atom. The maximum atomic E-state index is 14.6. The fraction of sp³-hybridized carbons (Fsp3) is 0.438. The fourth-order valence-corrected chi connectivity index (χ4v) is 3.26. The number of aliphatic hydroxyl groups excluding tert-OH is 1. The molecule has 1 unspecified atom stereocenters. The van der Waals surface area contributed by atoms with Crippen molar-refractivity contribution >= 4 is 15.9 Å². The standard InChI is InChI=1S/C16H16BrF4N5O/c1-6(2)5-26-16(23-24-25-26)15(22-7-3-8(27)4-7)9-11(18)13(20)10(17)14(21)12(9)19/h7-8,15,22,27H,1,3-5H2,2H3. The number of halogens is 5. The number of nitrogens with one attached hydrogen (secondary N) is 1. The Hall–Kier alpha value is -1.85. The van der Waals surface area contributed by atoms with Gasteiger partial charge in [-0.05, 0) is 46.1 Å². The van der Waals surface area contributed by atoms with Crippen molar-refractivity contribution in [2.75, 3.05) is 0 Å². The predicted octanol–water partition coefficient (Wildman–Crippen LogP) is 2.77. The van der Waals surface area contributed by atoms with E-state index in [-0.39, 0.29) is 18.4 Å². The van der Waals surface area contributed by atoms with E-state index in [4.69, 9.17) is 0 Å². The van der Waals surface area contributed by atoms with Gasteiger partial charge in [0.15, 0.2) is 29.1 Å². The van der Waals surface area contributed by atoms with Gasteiger partial charge in [0.25, 0.3) is 0 Å². The molecule has 2 aromatic rings. The Morgan fingerprint density at radius 3 is 2.37 bits per heavy atom. The summed E-state index contributed by atoms with van der Waals surface area (Å²) in [6.45, 7) is 5.59. The van der Waals surface area contributed by atoms with Crippen molar-refractivity contribution in [1.82, 2.24) is 25.5 Å². The largest absolute Gasteiger partial charge is 0.393 e. The second kappa shape index (κ2) is 7.64. The molecule has 0 aliphatic heterocycles. The van der Waals surface area contributed by atoms with Gasteiger partial charge in [-0.1, -0.05) is 12.2 Å². The highest BCUT2D eigenvalue weighted by Crippen LogP contribution is 2.35. The number of hydrogen-bond donors (Lipinski definition) is 2. The first-order valence-electron chi connectivity index (χ1n) is 8.06. The van der Waals surface area contributed by atoms with E-state index in [2.05, 4.69) is 43.4 Å². The van der Waals surface area contributed by atoms with Gasteiger partial charge in [0.2, 0.25) is 0 Å². The Bertz CT molecular complexity index is 855. The molecule has 0 bridgehead atoms. The third-order valence-electron chi connectivity index (χ3n) is 4.29. The molecule has 0 amide bonds. The van der Waals surface area contributed by atoms with E-state index in [9.17, 15) is 22.7 Å². The van der Waals surface area contributed by atoms with E-state index in [1.54, 1.807) is 6.92 Å². The Morgan fingerprint density at radius 1 is 1.26 bits per heavy atom. The summed E-state index contributed by atoms with van der Waals surface area (Å²) in [5, 5.41) is 23.4. The first-order valence-corrected chi connectivity index (χ1v) is 8.85. The third-order valence-corrected chi connectivity index (χ3v) is 4.98. The van der Waals surface area contributed by atoms with Gasteiger partial charge < -0.3 is 10.4 Å². The summed E-state index contributed by atoms with van der Waals surface area (Å²) in [6.07, 6.45) is 0.0923. The van der Waals surface area contributed by atoms with E-state index in [1.807, 2.05) is 0 Å². The van der Waals surface area contributed by atoms with Crippen LogP contribution in [0.5, 0.6) is 0 Å². The summed E-state index contributed by atoms with van der Waals surface area (Å²) in [7, 11) is 0. The molecule has 1 aliphatic rings. The number of aromatic nitrogens is 4. The number of nitrogens with zero attached hydrogens (tertiary/aromatic N) is 4. The zero-order chi connectivity index (χ0) is 19.9. The second-order valence-electron chi connectivity index (χ2n) is 6.56. The Kier molecular flexibility index (Phi) is 5.63. The van der Waals surface area contributed by atoms with Crippen molar-refractivity contribution in [2.24, 2.45) is 0 Å². The summed E-state index contributed by atoms with van der Waals surface area (Å²) < 4.78 is 57.6. The van der Waals surface area contributed by atoms with Gasteiger partial charge in [-0.15, -0.1) is 5.10 Å². The van der Waals surface area contributed by atoms with Crippen LogP contribution >= 0.6 is 15.9 Å². The van der Waals surface area contributed by atoms with Gasteiger partial charge in [0.1, 0.15) is 6.04 Å². The van der Waals surface area contributed by atoms with Crippen LogP contribution in [0.3, 0.4) is 0 Å². The highest BCUT2D eigenvalue weighted by Gasteiger charge is 2.37. The van der Waals surface area contributed by atoms with Crippen LogP contribution in [0.15, 0.2) is 16.6 Å². The van der Waals surface area contributed by atoms with Crippen LogP contribution in [0.4, 0.5) is 17.6 Å². The summed E-state index contributed by atoms with van der Waals surface area (Å²) in [4.78, 5) is 0. The number of tetrazole rings is 1. The van der Waals surface area contributed by atoms with Crippen LogP contribution in [-0.4, -0.2) is 37.5 Å². The van der Waals surface area contributed by atoms with Crippen LogP contribution < -0.4 is 5.32 Å². The second-order valence-corrected chi connectivity index (χ2v) is 7.35. The molecule has 6 nitrogen and oxygen atoms in total. The molecule has 0 saturated heterocycles. The van der Waals surface area contributed by atoms with E-state index < -0.39 is 45.5 Å². The molecular weight excluding hydrogens is 434 g/mol. The topological polar surface area (TPSA) is 75.9 Å². The lowest BCUT2D eigenvalue weighted by Crippen LogP contribution is -2.47. The number of aliphatic hydroxyl groups is 1. The van der Waals surface area contributed by atoms with Crippen molar-refractivity contribution in [1.29, 1.82) is 0 Å². The molecule has 11 heteroatoms. The Labute approximate surface area is 160 Å². The third kappa shape index (κ3) is 3.76. The van der Waals surface area contributed by atoms with Crippen molar-refractivity contribution in [3.63, 3.8) is 0 Å². The molecule has 1 fully saturated rings. The molecule has 1 saturated carbocycles. The molecule has 1 aliphatic carbocycles. The SMILES string of the molecule is C=C(C)Cn1nnnc1C(NC1CC(O)C1)c1c(F)c(F)c(Br)c(F)c1F. The van der Waals surface area contributed by atoms with E-state index in [1.165, 1.54) is 4.68 Å². The van der Waals surface area contributed by atoms with Crippen LogP contribution in [0.2, 0.25) is 0 Å². The van der Waals surface area contributed by atoms with Gasteiger partial charge in [-0.2, -0.15) is 0 Å². The highest BCUT2D eigenvalue weighted by atomic mass is 79.9. The quantitative estimate of drug-likeness (QED) is 0.307. The lowest BCUT2D eigenvalue weighted by Gasteiger charge is -2.35. The molecule has 0 spiro atoms. The average Bonchev–Trinajstić information content (AvgIpc) is 3.02. The summed E-state index contributed by atoms with van der Waals surface area (Å²) in [5.41, 5.74) is -0.206. The van der Waals surface area contributed by atoms with Crippen LogP contribution in [0.1, 0.15) is 37.2 Å². The summed E-state index contributed by atoms with van der Waals surface area (Å²) in [5.74, 6) is -6.24. The van der Waals surface area contributed by atoms with E-state index >= 15 is 0 Å². The molecule has 0 radical (unpaired) electrons. The molecule has 1 aromatic heterocycles. The minimum atomic E-state index is -1.55. The lowest BCUT2D eigenvalue weighted by atomic mass is 9.88. The predicted molar refractivity (Wildman–Crippen MR) is 90.6 cm³/mol. The van der Waals surface area contributed by atoms with Gasteiger partial charge in [0, 0.05) is 6.04 Å². The molecule has 27 heavy (non-hydrogen) atoms. The fourth-order valence-electron chi connectivity index (χ4n) is 2.91. The molecule has 1 heterocycles. The minimum Gasteiger partial charge on any atom is -0.393 e. The number of rotatable bonds is 6. The van der Waals surface area contributed by atoms with Crippen LogP contribution in [0, 0.1) is 23.3 Å². The Balaban J connectivity index is 2.12. The van der Waals surface area contributed by atoms with Crippen LogP contribution in [0.25, 0.3) is 0 Å². The molecule has 3 rings (SSSR count). The van der Waals surface area contributed by atoms with Crippen LogP contribution in [-0.2, 0) is 6.54 Å². The smallest absolute Gasteiger partial charge is 0.176 e. The van der Waals surface area contributed by atoms with E-state index in [0.717, 1.165) is 0 Å².